The van der Waals surface area contributed by atoms with E-state index in [-0.39, 0.29) is 18.0 Å². The minimum absolute atomic E-state index is 0.0148. The van der Waals surface area contributed by atoms with Crippen LogP contribution in [0.3, 0.4) is 0 Å². The first-order valence-electron chi connectivity index (χ1n) is 5.13. The van der Waals surface area contributed by atoms with E-state index in [0.29, 0.717) is 12.1 Å². The first-order valence-corrected chi connectivity index (χ1v) is 5.13. The number of ketones is 1. The lowest BCUT2D eigenvalue weighted by atomic mass is 10.2. The van der Waals surface area contributed by atoms with Crippen LogP contribution in [0, 0.1) is 0 Å². The maximum atomic E-state index is 11.8. The highest BCUT2D eigenvalue weighted by molar-refractivity contribution is 5.78. The van der Waals surface area contributed by atoms with Gasteiger partial charge in [0, 0.05) is 18.8 Å². The molecule has 0 aliphatic carbocycles. The Kier molecular flexibility index (Phi) is 2.80. The van der Waals surface area contributed by atoms with Gasteiger partial charge in [0.25, 0.3) is 0 Å². The summed E-state index contributed by atoms with van der Waals surface area (Å²) < 4.78 is 2.54. The topological polar surface area (TPSA) is 69.3 Å². The zero-order chi connectivity index (χ0) is 11.5. The van der Waals surface area contributed by atoms with Gasteiger partial charge in [-0.2, -0.15) is 0 Å². The van der Waals surface area contributed by atoms with Gasteiger partial charge in [-0.1, -0.05) is 6.92 Å². The summed E-state index contributed by atoms with van der Waals surface area (Å²) in [5, 5.41) is 4.02. The summed E-state index contributed by atoms with van der Waals surface area (Å²) in [7, 11) is 0. The summed E-state index contributed by atoms with van der Waals surface area (Å²) in [5.41, 5.74) is 0.152. The third-order valence-corrected chi connectivity index (χ3v) is 2.24. The van der Waals surface area contributed by atoms with E-state index in [1.165, 1.54) is 27.7 Å². The molecule has 2 aromatic rings. The monoisotopic (exact) mass is 220 g/mol. The van der Waals surface area contributed by atoms with Crippen molar-refractivity contribution in [2.45, 2.75) is 26.3 Å². The lowest BCUT2D eigenvalue weighted by molar-refractivity contribution is -0.119. The van der Waals surface area contributed by atoms with Crippen LogP contribution in [0.25, 0.3) is 5.65 Å². The third-order valence-electron chi connectivity index (χ3n) is 2.24. The van der Waals surface area contributed by atoms with E-state index in [9.17, 15) is 9.59 Å². The fourth-order valence-electron chi connectivity index (χ4n) is 1.51. The van der Waals surface area contributed by atoms with Gasteiger partial charge >= 0.3 is 5.69 Å². The molecule has 0 radical (unpaired) electrons. The number of hydrogen-bond acceptors (Lipinski definition) is 4. The smallest absolute Gasteiger partial charge is 0.298 e. The van der Waals surface area contributed by atoms with E-state index in [1.54, 1.807) is 0 Å². The molecular formula is C10H12N4O2. The summed E-state index contributed by atoms with van der Waals surface area (Å²) in [6, 6.07) is 0. The summed E-state index contributed by atoms with van der Waals surface area (Å²) in [6.45, 7) is 1.96. The molecule has 0 unspecified atom stereocenters. The average Bonchev–Trinajstić information content (AvgIpc) is 2.57. The molecule has 0 aliphatic heterocycles. The van der Waals surface area contributed by atoms with Gasteiger partial charge in [-0.25, -0.2) is 13.9 Å². The molecule has 0 fully saturated rings. The highest BCUT2D eigenvalue weighted by atomic mass is 16.2. The molecule has 0 aliphatic rings. The van der Waals surface area contributed by atoms with Gasteiger partial charge in [-0.15, -0.1) is 5.10 Å². The molecular weight excluding hydrogens is 208 g/mol. The van der Waals surface area contributed by atoms with Gasteiger partial charge < -0.3 is 0 Å². The van der Waals surface area contributed by atoms with Crippen molar-refractivity contribution in [3.63, 3.8) is 0 Å². The lowest BCUT2D eigenvalue weighted by Gasteiger charge is -1.96. The van der Waals surface area contributed by atoms with Crippen molar-refractivity contribution >= 4 is 11.4 Å². The lowest BCUT2D eigenvalue weighted by Crippen LogP contribution is -2.24. The predicted octanol–water partition coefficient (Wildman–Crippen LogP) is 0.260. The molecule has 0 aromatic carbocycles. The predicted molar refractivity (Wildman–Crippen MR) is 57.2 cm³/mol. The van der Waals surface area contributed by atoms with Crippen LogP contribution >= 0.6 is 0 Å². The Morgan fingerprint density at radius 3 is 3.00 bits per heavy atom. The first-order chi connectivity index (χ1) is 7.72. The first kappa shape index (κ1) is 10.5. The second-order valence-corrected chi connectivity index (χ2v) is 3.53. The van der Waals surface area contributed by atoms with E-state index >= 15 is 0 Å². The van der Waals surface area contributed by atoms with Crippen LogP contribution < -0.4 is 5.69 Å². The summed E-state index contributed by atoms with van der Waals surface area (Å²) >= 11 is 0. The molecule has 6 nitrogen and oxygen atoms in total. The van der Waals surface area contributed by atoms with Gasteiger partial charge in [0.15, 0.2) is 11.4 Å². The fourth-order valence-corrected chi connectivity index (χ4v) is 1.51. The molecule has 2 rings (SSSR count). The standard InChI is InChI=1S/C10H12N4O2/c1-2-3-8(15)7-14-10(16)13-5-4-11-6-9(13)12-14/h4-6H,2-3,7H2,1H3. The van der Waals surface area contributed by atoms with Crippen molar-refractivity contribution in [1.82, 2.24) is 19.2 Å². The van der Waals surface area contributed by atoms with Gasteiger partial charge in [0.1, 0.15) is 6.54 Å². The van der Waals surface area contributed by atoms with E-state index in [2.05, 4.69) is 10.1 Å². The Morgan fingerprint density at radius 1 is 1.50 bits per heavy atom. The molecule has 16 heavy (non-hydrogen) atoms. The number of aromatic nitrogens is 4. The minimum Gasteiger partial charge on any atom is -0.298 e. The zero-order valence-corrected chi connectivity index (χ0v) is 8.96. The van der Waals surface area contributed by atoms with E-state index in [0.717, 1.165) is 6.42 Å². The number of fused-ring (bicyclic) bond motifs is 1. The second-order valence-electron chi connectivity index (χ2n) is 3.53. The summed E-state index contributed by atoms with van der Waals surface area (Å²) in [5.74, 6) is 0.0148. The largest absolute Gasteiger partial charge is 0.350 e. The molecule has 84 valence electrons. The van der Waals surface area contributed by atoms with Crippen molar-refractivity contribution in [2.75, 3.05) is 0 Å². The van der Waals surface area contributed by atoms with Crippen LogP contribution in [0.4, 0.5) is 0 Å². The number of carbonyl (C=O) groups is 1. The Bertz CT molecular complexity index is 569. The number of carbonyl (C=O) groups excluding carboxylic acids is 1. The SMILES string of the molecule is CCCC(=O)Cn1nc2cnccn2c1=O. The second kappa shape index (κ2) is 4.26. The number of rotatable bonds is 4. The Hall–Kier alpha value is -1.98. The fraction of sp³-hybridized carbons (Fsp3) is 0.400. The Balaban J connectivity index is 2.35. The molecule has 2 aromatic heterocycles. The molecule has 2 heterocycles. The van der Waals surface area contributed by atoms with E-state index in [1.807, 2.05) is 6.92 Å². The van der Waals surface area contributed by atoms with Crippen molar-refractivity contribution < 1.29 is 4.79 Å². The maximum absolute atomic E-state index is 11.8. The number of Topliss-reactive ketones (excluding diaryl/α,β-unsaturated/α-hetero) is 1. The van der Waals surface area contributed by atoms with E-state index in [4.69, 9.17) is 0 Å². The van der Waals surface area contributed by atoms with Gasteiger partial charge in [0.05, 0.1) is 6.20 Å². The van der Waals surface area contributed by atoms with Crippen molar-refractivity contribution in [2.24, 2.45) is 0 Å². The molecule has 0 atom stereocenters. The zero-order valence-electron chi connectivity index (χ0n) is 8.96. The van der Waals surface area contributed by atoms with E-state index < -0.39 is 0 Å². The van der Waals surface area contributed by atoms with Crippen LogP contribution in [-0.4, -0.2) is 24.9 Å². The van der Waals surface area contributed by atoms with Gasteiger partial charge in [0.2, 0.25) is 0 Å². The highest BCUT2D eigenvalue weighted by Gasteiger charge is 2.09. The van der Waals surface area contributed by atoms with Gasteiger partial charge in [-0.3, -0.25) is 9.78 Å². The normalized spacial score (nSPS) is 10.8. The molecule has 6 heteroatoms. The summed E-state index contributed by atoms with van der Waals surface area (Å²) in [6.07, 6.45) is 5.78. The Labute approximate surface area is 91.5 Å². The molecule has 0 N–H and O–H groups in total. The van der Waals surface area contributed by atoms with Crippen LogP contribution in [0.2, 0.25) is 0 Å². The number of nitrogens with zero attached hydrogens (tertiary/aromatic N) is 4. The maximum Gasteiger partial charge on any atom is 0.350 e. The molecule has 0 spiro atoms. The quantitative estimate of drug-likeness (QED) is 0.741. The third kappa shape index (κ3) is 1.86. The van der Waals surface area contributed by atoms with Crippen LogP contribution in [0.15, 0.2) is 23.4 Å². The molecule has 0 saturated heterocycles. The van der Waals surface area contributed by atoms with Crippen LogP contribution in [-0.2, 0) is 11.3 Å². The average molecular weight is 220 g/mol. The van der Waals surface area contributed by atoms with Crippen LogP contribution in [0.5, 0.6) is 0 Å². The molecule has 0 saturated carbocycles. The van der Waals surface area contributed by atoms with Gasteiger partial charge in [-0.05, 0) is 6.42 Å². The Morgan fingerprint density at radius 2 is 2.31 bits per heavy atom. The summed E-state index contributed by atoms with van der Waals surface area (Å²) in [4.78, 5) is 27.0. The molecule has 0 bridgehead atoms. The molecule has 0 amide bonds. The number of hydrogen-bond donors (Lipinski definition) is 0. The minimum atomic E-state index is -0.304. The highest BCUT2D eigenvalue weighted by Crippen LogP contribution is 1.95. The van der Waals surface area contributed by atoms with Crippen molar-refractivity contribution in [3.05, 3.63) is 29.1 Å². The van der Waals surface area contributed by atoms with Crippen molar-refractivity contribution in [3.8, 4) is 0 Å². The van der Waals surface area contributed by atoms with Crippen molar-refractivity contribution in [1.29, 1.82) is 0 Å². The van der Waals surface area contributed by atoms with Crippen LogP contribution in [0.1, 0.15) is 19.8 Å².